The summed E-state index contributed by atoms with van der Waals surface area (Å²) in [7, 11) is 0. The van der Waals surface area contributed by atoms with Gasteiger partial charge < -0.3 is 16.8 Å². The van der Waals surface area contributed by atoms with Crippen LogP contribution in [0.25, 0.3) is 0 Å². The van der Waals surface area contributed by atoms with Gasteiger partial charge in [0.2, 0.25) is 5.91 Å². The number of benzene rings is 2. The standard InChI is InChI=1S/C17H21N3O/c1-2-3-4-12-5-8-14(9-6-12)20-16-10-7-13(17(19)21)11-15(16)18/h5-11,20H,2-4,18H2,1H3,(H2,19,21). The third-order valence-electron chi connectivity index (χ3n) is 3.39. The Morgan fingerprint density at radius 3 is 2.43 bits per heavy atom. The van der Waals surface area contributed by atoms with E-state index in [1.807, 2.05) is 12.1 Å². The number of nitrogen functional groups attached to an aromatic ring is 1. The van der Waals surface area contributed by atoms with E-state index in [0.29, 0.717) is 11.3 Å². The van der Waals surface area contributed by atoms with Gasteiger partial charge in [-0.1, -0.05) is 25.5 Å². The van der Waals surface area contributed by atoms with Gasteiger partial charge in [-0.3, -0.25) is 4.79 Å². The van der Waals surface area contributed by atoms with Crippen LogP contribution in [-0.4, -0.2) is 5.91 Å². The van der Waals surface area contributed by atoms with E-state index < -0.39 is 5.91 Å². The van der Waals surface area contributed by atoms with Crippen LogP contribution in [0.1, 0.15) is 35.7 Å². The maximum absolute atomic E-state index is 11.1. The summed E-state index contributed by atoms with van der Waals surface area (Å²) in [6, 6.07) is 13.3. The van der Waals surface area contributed by atoms with Crippen LogP contribution in [0.2, 0.25) is 0 Å². The van der Waals surface area contributed by atoms with Gasteiger partial charge in [0.15, 0.2) is 0 Å². The number of rotatable bonds is 6. The van der Waals surface area contributed by atoms with Gasteiger partial charge in [-0.25, -0.2) is 0 Å². The van der Waals surface area contributed by atoms with Crippen molar-refractivity contribution in [1.82, 2.24) is 0 Å². The second-order valence-corrected chi connectivity index (χ2v) is 5.09. The molecule has 0 spiro atoms. The molecular weight excluding hydrogens is 262 g/mol. The molecule has 0 unspecified atom stereocenters. The van der Waals surface area contributed by atoms with E-state index in [1.54, 1.807) is 18.2 Å². The molecule has 2 rings (SSSR count). The molecule has 0 aliphatic carbocycles. The maximum Gasteiger partial charge on any atom is 0.248 e. The highest BCUT2D eigenvalue weighted by Crippen LogP contribution is 2.24. The number of nitrogens with two attached hydrogens (primary N) is 2. The SMILES string of the molecule is CCCCc1ccc(Nc2ccc(C(N)=O)cc2N)cc1. The van der Waals surface area contributed by atoms with E-state index in [2.05, 4.69) is 24.4 Å². The molecular formula is C17H21N3O. The largest absolute Gasteiger partial charge is 0.397 e. The lowest BCUT2D eigenvalue weighted by Crippen LogP contribution is -2.11. The predicted octanol–water partition coefficient (Wildman–Crippen LogP) is 3.45. The van der Waals surface area contributed by atoms with Gasteiger partial charge in [-0.15, -0.1) is 0 Å². The number of primary amides is 1. The number of amides is 1. The van der Waals surface area contributed by atoms with Crippen LogP contribution in [0.5, 0.6) is 0 Å². The molecule has 21 heavy (non-hydrogen) atoms. The second-order valence-electron chi connectivity index (χ2n) is 5.09. The molecule has 0 atom stereocenters. The monoisotopic (exact) mass is 283 g/mol. The lowest BCUT2D eigenvalue weighted by Gasteiger charge is -2.11. The third-order valence-corrected chi connectivity index (χ3v) is 3.39. The van der Waals surface area contributed by atoms with E-state index in [-0.39, 0.29) is 0 Å². The molecule has 5 N–H and O–H groups in total. The van der Waals surface area contributed by atoms with Gasteiger partial charge in [0.1, 0.15) is 0 Å². The Bertz CT molecular complexity index is 620. The summed E-state index contributed by atoms with van der Waals surface area (Å²) in [5.74, 6) is -0.478. The average Bonchev–Trinajstić information content (AvgIpc) is 2.48. The molecule has 4 nitrogen and oxygen atoms in total. The van der Waals surface area contributed by atoms with Crippen molar-refractivity contribution in [2.45, 2.75) is 26.2 Å². The van der Waals surface area contributed by atoms with E-state index in [4.69, 9.17) is 11.5 Å². The summed E-state index contributed by atoms with van der Waals surface area (Å²) in [4.78, 5) is 11.1. The molecule has 0 saturated carbocycles. The van der Waals surface area contributed by atoms with Gasteiger partial charge in [0.25, 0.3) is 0 Å². The van der Waals surface area contributed by atoms with Gasteiger partial charge in [0.05, 0.1) is 11.4 Å². The maximum atomic E-state index is 11.1. The Morgan fingerprint density at radius 1 is 1.14 bits per heavy atom. The normalized spacial score (nSPS) is 10.3. The summed E-state index contributed by atoms with van der Waals surface area (Å²) in [5, 5.41) is 3.24. The lowest BCUT2D eigenvalue weighted by molar-refractivity contribution is 0.100. The molecule has 2 aromatic carbocycles. The molecule has 110 valence electrons. The molecule has 0 bridgehead atoms. The number of hydrogen-bond acceptors (Lipinski definition) is 3. The second kappa shape index (κ2) is 6.79. The van der Waals surface area contributed by atoms with E-state index in [0.717, 1.165) is 17.8 Å². The zero-order valence-corrected chi connectivity index (χ0v) is 12.2. The van der Waals surface area contributed by atoms with Crippen LogP contribution in [0, 0.1) is 0 Å². The fourth-order valence-electron chi connectivity index (χ4n) is 2.12. The summed E-state index contributed by atoms with van der Waals surface area (Å²) in [6.07, 6.45) is 3.50. The molecule has 0 aliphatic rings. The van der Waals surface area contributed by atoms with Crippen molar-refractivity contribution in [3.05, 3.63) is 53.6 Å². The highest BCUT2D eigenvalue weighted by Gasteiger charge is 2.05. The minimum atomic E-state index is -0.478. The van der Waals surface area contributed by atoms with Crippen LogP contribution >= 0.6 is 0 Å². The topological polar surface area (TPSA) is 81.1 Å². The molecule has 0 aromatic heterocycles. The Kier molecular flexibility index (Phi) is 4.82. The van der Waals surface area contributed by atoms with Crippen molar-refractivity contribution in [3.8, 4) is 0 Å². The zero-order valence-electron chi connectivity index (χ0n) is 12.2. The molecule has 1 amide bonds. The van der Waals surface area contributed by atoms with Crippen molar-refractivity contribution in [3.63, 3.8) is 0 Å². The first-order chi connectivity index (χ1) is 10.1. The summed E-state index contributed by atoms with van der Waals surface area (Å²) in [6.45, 7) is 2.19. The molecule has 0 fully saturated rings. The van der Waals surface area contributed by atoms with Crippen LogP contribution in [0.4, 0.5) is 17.1 Å². The Hall–Kier alpha value is -2.49. The van der Waals surface area contributed by atoms with Gasteiger partial charge in [-0.05, 0) is 48.7 Å². The van der Waals surface area contributed by atoms with E-state index in [1.165, 1.54) is 18.4 Å². The van der Waals surface area contributed by atoms with Crippen LogP contribution in [-0.2, 0) is 6.42 Å². The number of nitrogens with one attached hydrogen (secondary N) is 1. The molecule has 0 radical (unpaired) electrons. The first-order valence-electron chi connectivity index (χ1n) is 7.15. The summed E-state index contributed by atoms with van der Waals surface area (Å²) < 4.78 is 0. The van der Waals surface area contributed by atoms with Crippen molar-refractivity contribution in [2.24, 2.45) is 5.73 Å². The number of aryl methyl sites for hydroxylation is 1. The van der Waals surface area contributed by atoms with Gasteiger partial charge in [-0.2, -0.15) is 0 Å². The molecule has 0 saturated heterocycles. The highest BCUT2D eigenvalue weighted by molar-refractivity contribution is 5.95. The average molecular weight is 283 g/mol. The molecule has 0 heterocycles. The van der Waals surface area contributed by atoms with E-state index >= 15 is 0 Å². The number of unbranched alkanes of at least 4 members (excludes halogenated alkanes) is 1. The van der Waals surface area contributed by atoms with Gasteiger partial charge >= 0.3 is 0 Å². The Labute approximate surface area is 125 Å². The molecule has 2 aromatic rings. The number of carbonyl (C=O) groups is 1. The highest BCUT2D eigenvalue weighted by atomic mass is 16.1. The fraction of sp³-hybridized carbons (Fsp3) is 0.235. The van der Waals surface area contributed by atoms with Crippen molar-refractivity contribution in [1.29, 1.82) is 0 Å². The smallest absolute Gasteiger partial charge is 0.248 e. The minimum absolute atomic E-state index is 0.410. The molecule has 0 aliphatic heterocycles. The van der Waals surface area contributed by atoms with Crippen molar-refractivity contribution >= 4 is 23.0 Å². The molecule has 4 heteroatoms. The van der Waals surface area contributed by atoms with Crippen LogP contribution in [0.3, 0.4) is 0 Å². The lowest BCUT2D eigenvalue weighted by atomic mass is 10.1. The quantitative estimate of drug-likeness (QED) is 0.710. The fourth-order valence-corrected chi connectivity index (χ4v) is 2.12. The summed E-state index contributed by atoms with van der Waals surface area (Å²) >= 11 is 0. The summed E-state index contributed by atoms with van der Waals surface area (Å²) in [5.41, 5.74) is 15.1. The predicted molar refractivity (Wildman–Crippen MR) is 87.7 cm³/mol. The number of anilines is 3. The number of carbonyl (C=O) groups excluding carboxylic acids is 1. The first kappa shape index (κ1) is 14.9. The van der Waals surface area contributed by atoms with Crippen LogP contribution < -0.4 is 16.8 Å². The first-order valence-corrected chi connectivity index (χ1v) is 7.15. The van der Waals surface area contributed by atoms with Crippen molar-refractivity contribution in [2.75, 3.05) is 11.1 Å². The van der Waals surface area contributed by atoms with E-state index in [9.17, 15) is 4.79 Å². The van der Waals surface area contributed by atoms with Crippen LogP contribution in [0.15, 0.2) is 42.5 Å². The third kappa shape index (κ3) is 3.99. The Morgan fingerprint density at radius 2 is 1.86 bits per heavy atom. The Balaban J connectivity index is 2.09. The van der Waals surface area contributed by atoms with Gasteiger partial charge in [0, 0.05) is 11.3 Å². The van der Waals surface area contributed by atoms with Crippen molar-refractivity contribution < 1.29 is 4.79 Å². The zero-order chi connectivity index (χ0) is 15.2. The number of hydrogen-bond donors (Lipinski definition) is 3. The minimum Gasteiger partial charge on any atom is -0.397 e.